The molecule has 16 heavy (non-hydrogen) atoms. The number of nitrogens with zero attached hydrogens (tertiary/aromatic N) is 3. The summed E-state index contributed by atoms with van der Waals surface area (Å²) in [6.07, 6.45) is 6.86. The van der Waals surface area contributed by atoms with Gasteiger partial charge in [-0.25, -0.2) is 9.97 Å². The van der Waals surface area contributed by atoms with Gasteiger partial charge >= 0.3 is 0 Å². The summed E-state index contributed by atoms with van der Waals surface area (Å²) >= 11 is 3.49. The van der Waals surface area contributed by atoms with E-state index in [0.717, 1.165) is 15.7 Å². The summed E-state index contributed by atoms with van der Waals surface area (Å²) in [4.78, 5) is 12.4. The van der Waals surface area contributed by atoms with Crippen LogP contribution < -0.4 is 5.32 Å². The third kappa shape index (κ3) is 2.25. The second-order valence-electron chi connectivity index (χ2n) is 3.26. The van der Waals surface area contributed by atoms with Gasteiger partial charge in [-0.3, -0.25) is 4.98 Å². The molecule has 0 spiro atoms. The smallest absolute Gasteiger partial charge is 0.115 e. The van der Waals surface area contributed by atoms with Crippen LogP contribution >= 0.6 is 15.9 Å². The molecule has 0 fully saturated rings. The third-order valence-corrected chi connectivity index (χ3v) is 2.93. The van der Waals surface area contributed by atoms with Crippen molar-refractivity contribution in [2.75, 3.05) is 7.05 Å². The standard InChI is InChI=1S/C11H11BrN4/c1-13-10(8-5-14-7-15-6-8)11-9(12)3-2-4-16-11/h2-7,10,13H,1H3. The van der Waals surface area contributed by atoms with E-state index in [1.165, 1.54) is 6.33 Å². The fourth-order valence-corrected chi connectivity index (χ4v) is 2.02. The summed E-state index contributed by atoms with van der Waals surface area (Å²) in [6.45, 7) is 0. The molecule has 0 aliphatic rings. The van der Waals surface area contributed by atoms with Gasteiger partial charge in [0.2, 0.25) is 0 Å². The molecular formula is C11H11BrN4. The van der Waals surface area contributed by atoms with Gasteiger partial charge < -0.3 is 5.32 Å². The molecule has 0 aliphatic heterocycles. The van der Waals surface area contributed by atoms with Crippen LogP contribution in [0.25, 0.3) is 0 Å². The average Bonchev–Trinajstić information content (AvgIpc) is 2.34. The van der Waals surface area contributed by atoms with Crippen molar-refractivity contribution < 1.29 is 0 Å². The Bertz CT molecular complexity index is 461. The van der Waals surface area contributed by atoms with E-state index in [9.17, 15) is 0 Å². The first-order chi connectivity index (χ1) is 7.83. The van der Waals surface area contributed by atoms with E-state index in [0.29, 0.717) is 0 Å². The van der Waals surface area contributed by atoms with Crippen molar-refractivity contribution >= 4 is 15.9 Å². The van der Waals surface area contributed by atoms with E-state index in [-0.39, 0.29) is 6.04 Å². The number of rotatable bonds is 3. The zero-order chi connectivity index (χ0) is 11.4. The van der Waals surface area contributed by atoms with Crippen LogP contribution in [0, 0.1) is 0 Å². The average molecular weight is 279 g/mol. The van der Waals surface area contributed by atoms with E-state index >= 15 is 0 Å². The fourth-order valence-electron chi connectivity index (χ4n) is 1.53. The van der Waals surface area contributed by atoms with Crippen molar-refractivity contribution in [3.05, 3.63) is 52.8 Å². The Hall–Kier alpha value is -1.33. The molecule has 2 aromatic rings. The maximum absolute atomic E-state index is 4.36. The minimum absolute atomic E-state index is 0.00299. The van der Waals surface area contributed by atoms with Gasteiger partial charge in [0, 0.05) is 28.6 Å². The number of nitrogens with one attached hydrogen (secondary N) is 1. The summed E-state index contributed by atoms with van der Waals surface area (Å²) in [5, 5.41) is 3.20. The van der Waals surface area contributed by atoms with E-state index < -0.39 is 0 Å². The monoisotopic (exact) mass is 278 g/mol. The minimum atomic E-state index is -0.00299. The van der Waals surface area contributed by atoms with Gasteiger partial charge in [-0.1, -0.05) is 0 Å². The van der Waals surface area contributed by atoms with Gasteiger partial charge in [-0.15, -0.1) is 0 Å². The number of aromatic nitrogens is 3. The summed E-state index contributed by atoms with van der Waals surface area (Å²) < 4.78 is 0.971. The lowest BCUT2D eigenvalue weighted by atomic mass is 10.1. The molecule has 4 nitrogen and oxygen atoms in total. The first-order valence-electron chi connectivity index (χ1n) is 4.85. The third-order valence-electron chi connectivity index (χ3n) is 2.26. The first-order valence-corrected chi connectivity index (χ1v) is 5.65. The second kappa shape index (κ2) is 5.14. The highest BCUT2D eigenvalue weighted by Crippen LogP contribution is 2.25. The van der Waals surface area contributed by atoms with Gasteiger partial charge in [0.25, 0.3) is 0 Å². The molecule has 1 unspecified atom stereocenters. The van der Waals surface area contributed by atoms with Gasteiger partial charge in [-0.2, -0.15) is 0 Å². The van der Waals surface area contributed by atoms with Crippen LogP contribution in [0.5, 0.6) is 0 Å². The molecule has 0 aliphatic carbocycles. The zero-order valence-electron chi connectivity index (χ0n) is 8.76. The molecule has 0 aromatic carbocycles. The molecule has 0 amide bonds. The largest absolute Gasteiger partial charge is 0.308 e. The summed E-state index contributed by atoms with van der Waals surface area (Å²) in [7, 11) is 1.89. The van der Waals surface area contributed by atoms with Crippen molar-refractivity contribution in [3.63, 3.8) is 0 Å². The quantitative estimate of drug-likeness (QED) is 0.933. The number of halogens is 1. The van der Waals surface area contributed by atoms with Crippen molar-refractivity contribution in [3.8, 4) is 0 Å². The van der Waals surface area contributed by atoms with Gasteiger partial charge in [0.1, 0.15) is 6.33 Å². The molecule has 1 N–H and O–H groups in total. The highest BCUT2D eigenvalue weighted by atomic mass is 79.9. The Kier molecular flexibility index (Phi) is 3.58. The van der Waals surface area contributed by atoms with E-state index in [1.807, 2.05) is 19.2 Å². The lowest BCUT2D eigenvalue weighted by molar-refractivity contribution is 0.661. The van der Waals surface area contributed by atoms with Crippen LogP contribution in [0.15, 0.2) is 41.5 Å². The molecule has 2 heterocycles. The van der Waals surface area contributed by atoms with Crippen LogP contribution in [-0.2, 0) is 0 Å². The Morgan fingerprint density at radius 2 is 2.06 bits per heavy atom. The Morgan fingerprint density at radius 3 is 2.69 bits per heavy atom. The number of pyridine rings is 1. The normalized spacial score (nSPS) is 12.4. The van der Waals surface area contributed by atoms with Crippen LogP contribution in [0.1, 0.15) is 17.3 Å². The predicted molar refractivity (Wildman–Crippen MR) is 64.9 cm³/mol. The molecule has 0 saturated carbocycles. The number of hydrogen-bond donors (Lipinski definition) is 1. The SMILES string of the molecule is CNC(c1cncnc1)c1ncccc1Br. The van der Waals surface area contributed by atoms with Crippen molar-refractivity contribution in [2.45, 2.75) is 6.04 Å². The Morgan fingerprint density at radius 1 is 1.31 bits per heavy atom. The molecule has 0 radical (unpaired) electrons. The van der Waals surface area contributed by atoms with Crippen LogP contribution in [0.4, 0.5) is 0 Å². The molecular weight excluding hydrogens is 268 g/mol. The van der Waals surface area contributed by atoms with E-state index in [4.69, 9.17) is 0 Å². The second-order valence-corrected chi connectivity index (χ2v) is 4.12. The predicted octanol–water partition coefficient (Wildman–Crippen LogP) is 1.94. The maximum Gasteiger partial charge on any atom is 0.115 e. The van der Waals surface area contributed by atoms with Crippen LogP contribution in [-0.4, -0.2) is 22.0 Å². The number of hydrogen-bond acceptors (Lipinski definition) is 4. The first kappa shape index (κ1) is 11.2. The van der Waals surface area contributed by atoms with Crippen molar-refractivity contribution in [1.29, 1.82) is 0 Å². The highest BCUT2D eigenvalue weighted by molar-refractivity contribution is 9.10. The molecule has 5 heteroatoms. The molecule has 0 bridgehead atoms. The maximum atomic E-state index is 4.36. The van der Waals surface area contributed by atoms with E-state index in [2.05, 4.69) is 36.2 Å². The topological polar surface area (TPSA) is 50.7 Å². The van der Waals surface area contributed by atoms with Gasteiger partial charge in [-0.05, 0) is 35.1 Å². The lowest BCUT2D eigenvalue weighted by Gasteiger charge is -2.16. The molecule has 1 atom stereocenters. The van der Waals surface area contributed by atoms with Gasteiger partial charge in [0.15, 0.2) is 0 Å². The highest BCUT2D eigenvalue weighted by Gasteiger charge is 2.16. The minimum Gasteiger partial charge on any atom is -0.308 e. The molecule has 2 aromatic heterocycles. The molecule has 82 valence electrons. The summed E-state index contributed by atoms with van der Waals surface area (Å²) in [5.41, 5.74) is 1.92. The zero-order valence-corrected chi connectivity index (χ0v) is 10.3. The van der Waals surface area contributed by atoms with E-state index in [1.54, 1.807) is 18.6 Å². The van der Waals surface area contributed by atoms with Gasteiger partial charge in [0.05, 0.1) is 11.7 Å². The van der Waals surface area contributed by atoms with Crippen molar-refractivity contribution in [2.24, 2.45) is 0 Å². The summed E-state index contributed by atoms with van der Waals surface area (Å²) in [6, 6.07) is 3.86. The van der Waals surface area contributed by atoms with Crippen LogP contribution in [0.2, 0.25) is 0 Å². The van der Waals surface area contributed by atoms with Crippen molar-refractivity contribution in [1.82, 2.24) is 20.3 Å². The fraction of sp³-hybridized carbons (Fsp3) is 0.182. The lowest BCUT2D eigenvalue weighted by Crippen LogP contribution is -2.19. The summed E-state index contributed by atoms with van der Waals surface area (Å²) in [5.74, 6) is 0. The molecule has 2 rings (SSSR count). The Balaban J connectivity index is 2.41. The molecule has 0 saturated heterocycles. The van der Waals surface area contributed by atoms with Crippen LogP contribution in [0.3, 0.4) is 0 Å². The Labute approximate surface area is 102 Å².